The molecular formula is C12H20N2O3. The standard InChI is InChI=1S/C12H20N2O3/c1-10-3-4-14-12(11(10)9-13)17-8-7-16-6-5-15-2/h3-4H,5-9,13H2,1-2H3. The molecular weight excluding hydrogens is 220 g/mol. The van der Waals surface area contributed by atoms with Crippen LogP contribution in [0, 0.1) is 6.92 Å². The molecule has 1 heterocycles. The first-order chi connectivity index (χ1) is 8.29. The molecule has 0 atom stereocenters. The van der Waals surface area contributed by atoms with Crippen LogP contribution in [0.25, 0.3) is 0 Å². The molecule has 17 heavy (non-hydrogen) atoms. The zero-order chi connectivity index (χ0) is 12.5. The van der Waals surface area contributed by atoms with Gasteiger partial charge in [0.2, 0.25) is 5.88 Å². The fraction of sp³-hybridized carbons (Fsp3) is 0.583. The van der Waals surface area contributed by atoms with Crippen molar-refractivity contribution >= 4 is 0 Å². The number of methoxy groups -OCH3 is 1. The van der Waals surface area contributed by atoms with Gasteiger partial charge in [-0.05, 0) is 18.6 Å². The van der Waals surface area contributed by atoms with E-state index in [4.69, 9.17) is 19.9 Å². The Morgan fingerprint density at radius 3 is 2.71 bits per heavy atom. The quantitative estimate of drug-likeness (QED) is 0.684. The number of hydrogen-bond donors (Lipinski definition) is 1. The number of hydrogen-bond acceptors (Lipinski definition) is 5. The van der Waals surface area contributed by atoms with Crippen LogP contribution < -0.4 is 10.5 Å². The highest BCUT2D eigenvalue weighted by molar-refractivity contribution is 5.33. The highest BCUT2D eigenvalue weighted by atomic mass is 16.5. The summed E-state index contributed by atoms with van der Waals surface area (Å²) in [5.74, 6) is 0.600. The number of rotatable bonds is 8. The maximum absolute atomic E-state index is 5.65. The Morgan fingerprint density at radius 1 is 1.24 bits per heavy atom. The first kappa shape index (κ1) is 13.9. The Bertz CT molecular complexity index is 332. The van der Waals surface area contributed by atoms with Crippen LogP contribution in [0.15, 0.2) is 12.3 Å². The molecule has 0 spiro atoms. The van der Waals surface area contributed by atoms with Crippen molar-refractivity contribution in [3.05, 3.63) is 23.4 Å². The second kappa shape index (κ2) is 8.00. The molecule has 0 unspecified atom stereocenters. The van der Waals surface area contributed by atoms with Crippen LogP contribution in [0.3, 0.4) is 0 Å². The van der Waals surface area contributed by atoms with Crippen LogP contribution in [-0.2, 0) is 16.0 Å². The number of aromatic nitrogens is 1. The summed E-state index contributed by atoms with van der Waals surface area (Å²) in [6.45, 7) is 4.57. The van der Waals surface area contributed by atoms with Gasteiger partial charge in [-0.15, -0.1) is 0 Å². The molecule has 0 bridgehead atoms. The van der Waals surface area contributed by atoms with E-state index in [0.29, 0.717) is 38.9 Å². The van der Waals surface area contributed by atoms with Gasteiger partial charge in [0.1, 0.15) is 6.61 Å². The van der Waals surface area contributed by atoms with Gasteiger partial charge in [-0.1, -0.05) is 0 Å². The van der Waals surface area contributed by atoms with Gasteiger partial charge in [0, 0.05) is 25.4 Å². The van der Waals surface area contributed by atoms with Crippen LogP contribution in [-0.4, -0.2) is 38.5 Å². The zero-order valence-corrected chi connectivity index (χ0v) is 10.4. The molecule has 0 aliphatic carbocycles. The largest absolute Gasteiger partial charge is 0.475 e. The second-order valence-electron chi connectivity index (χ2n) is 3.57. The van der Waals surface area contributed by atoms with Gasteiger partial charge in [0.05, 0.1) is 19.8 Å². The summed E-state index contributed by atoms with van der Waals surface area (Å²) < 4.78 is 15.7. The van der Waals surface area contributed by atoms with Gasteiger partial charge in [-0.2, -0.15) is 0 Å². The lowest BCUT2D eigenvalue weighted by molar-refractivity contribution is 0.0535. The average molecular weight is 240 g/mol. The summed E-state index contributed by atoms with van der Waals surface area (Å²) in [5.41, 5.74) is 7.70. The molecule has 0 fully saturated rings. The predicted octanol–water partition coefficient (Wildman–Crippen LogP) is 0.891. The molecule has 1 aromatic rings. The van der Waals surface area contributed by atoms with E-state index in [1.165, 1.54) is 0 Å². The molecule has 0 aliphatic rings. The number of nitrogens with zero attached hydrogens (tertiary/aromatic N) is 1. The Hall–Kier alpha value is -1.17. The Kier molecular flexibility index (Phi) is 6.54. The minimum Gasteiger partial charge on any atom is -0.475 e. The molecule has 2 N–H and O–H groups in total. The van der Waals surface area contributed by atoms with E-state index in [1.54, 1.807) is 13.3 Å². The summed E-state index contributed by atoms with van der Waals surface area (Å²) >= 11 is 0. The van der Waals surface area contributed by atoms with E-state index < -0.39 is 0 Å². The van der Waals surface area contributed by atoms with Crippen LogP contribution in [0.4, 0.5) is 0 Å². The van der Waals surface area contributed by atoms with Crippen molar-refractivity contribution in [2.45, 2.75) is 13.5 Å². The molecule has 96 valence electrons. The van der Waals surface area contributed by atoms with Crippen molar-refractivity contribution < 1.29 is 14.2 Å². The van der Waals surface area contributed by atoms with Gasteiger partial charge >= 0.3 is 0 Å². The smallest absolute Gasteiger partial charge is 0.218 e. The van der Waals surface area contributed by atoms with Crippen molar-refractivity contribution in [2.24, 2.45) is 5.73 Å². The second-order valence-corrected chi connectivity index (χ2v) is 3.57. The summed E-state index contributed by atoms with van der Waals surface area (Å²) in [5, 5.41) is 0. The summed E-state index contributed by atoms with van der Waals surface area (Å²) in [4.78, 5) is 4.16. The highest BCUT2D eigenvalue weighted by Gasteiger charge is 2.06. The maximum atomic E-state index is 5.65. The van der Waals surface area contributed by atoms with Crippen LogP contribution in [0.1, 0.15) is 11.1 Å². The molecule has 0 amide bonds. The van der Waals surface area contributed by atoms with Crippen molar-refractivity contribution in [1.29, 1.82) is 0 Å². The first-order valence-electron chi connectivity index (χ1n) is 5.63. The van der Waals surface area contributed by atoms with E-state index in [1.807, 2.05) is 13.0 Å². The first-order valence-corrected chi connectivity index (χ1v) is 5.63. The fourth-order valence-corrected chi connectivity index (χ4v) is 1.38. The Labute approximate surface area is 102 Å². The highest BCUT2D eigenvalue weighted by Crippen LogP contribution is 2.17. The summed E-state index contributed by atoms with van der Waals surface area (Å²) in [7, 11) is 1.64. The lowest BCUT2D eigenvalue weighted by atomic mass is 10.1. The molecule has 0 aromatic carbocycles. The molecule has 0 saturated heterocycles. The zero-order valence-electron chi connectivity index (χ0n) is 10.4. The van der Waals surface area contributed by atoms with Gasteiger partial charge < -0.3 is 19.9 Å². The van der Waals surface area contributed by atoms with Crippen molar-refractivity contribution in [3.8, 4) is 5.88 Å². The molecule has 0 saturated carbocycles. The van der Waals surface area contributed by atoms with E-state index in [0.717, 1.165) is 11.1 Å². The predicted molar refractivity (Wildman–Crippen MR) is 65.1 cm³/mol. The summed E-state index contributed by atoms with van der Waals surface area (Å²) in [6.07, 6.45) is 1.72. The van der Waals surface area contributed by atoms with Crippen molar-refractivity contribution in [2.75, 3.05) is 33.5 Å². The lowest BCUT2D eigenvalue weighted by Gasteiger charge is -2.11. The molecule has 0 aliphatic heterocycles. The van der Waals surface area contributed by atoms with Crippen LogP contribution in [0.5, 0.6) is 5.88 Å². The van der Waals surface area contributed by atoms with Gasteiger partial charge in [0.25, 0.3) is 0 Å². The minimum absolute atomic E-state index is 0.430. The molecule has 1 aromatic heterocycles. The van der Waals surface area contributed by atoms with Crippen molar-refractivity contribution in [3.63, 3.8) is 0 Å². The fourth-order valence-electron chi connectivity index (χ4n) is 1.38. The number of pyridine rings is 1. The third-order valence-electron chi connectivity index (χ3n) is 2.35. The monoisotopic (exact) mass is 240 g/mol. The number of ether oxygens (including phenoxy) is 3. The molecule has 1 rings (SSSR count). The molecule has 0 radical (unpaired) electrons. The van der Waals surface area contributed by atoms with E-state index in [-0.39, 0.29) is 0 Å². The maximum Gasteiger partial charge on any atom is 0.218 e. The lowest BCUT2D eigenvalue weighted by Crippen LogP contribution is -2.12. The average Bonchev–Trinajstić information content (AvgIpc) is 2.34. The SMILES string of the molecule is COCCOCCOc1nccc(C)c1CN. The Morgan fingerprint density at radius 2 is 2.00 bits per heavy atom. The van der Waals surface area contributed by atoms with Gasteiger partial charge in [-0.3, -0.25) is 0 Å². The summed E-state index contributed by atoms with van der Waals surface area (Å²) in [6, 6.07) is 1.92. The van der Waals surface area contributed by atoms with Gasteiger partial charge in [0.15, 0.2) is 0 Å². The molecule has 5 nitrogen and oxygen atoms in total. The number of nitrogens with two attached hydrogens (primary N) is 1. The van der Waals surface area contributed by atoms with E-state index in [9.17, 15) is 0 Å². The van der Waals surface area contributed by atoms with Crippen molar-refractivity contribution in [1.82, 2.24) is 4.98 Å². The van der Waals surface area contributed by atoms with E-state index >= 15 is 0 Å². The third-order valence-corrected chi connectivity index (χ3v) is 2.35. The van der Waals surface area contributed by atoms with Gasteiger partial charge in [-0.25, -0.2) is 4.98 Å². The normalized spacial score (nSPS) is 10.5. The van der Waals surface area contributed by atoms with Crippen LogP contribution in [0.2, 0.25) is 0 Å². The molecule has 5 heteroatoms. The topological polar surface area (TPSA) is 66.6 Å². The third kappa shape index (κ3) is 4.68. The van der Waals surface area contributed by atoms with Crippen LogP contribution >= 0.6 is 0 Å². The minimum atomic E-state index is 0.430. The van der Waals surface area contributed by atoms with E-state index in [2.05, 4.69) is 4.98 Å². The Balaban J connectivity index is 2.33. The number of aryl methyl sites for hydroxylation is 1.